The summed E-state index contributed by atoms with van der Waals surface area (Å²) in [7, 11) is 0. The Morgan fingerprint density at radius 2 is 2.00 bits per heavy atom. The summed E-state index contributed by atoms with van der Waals surface area (Å²) in [5.41, 5.74) is 3.81. The van der Waals surface area contributed by atoms with Gasteiger partial charge in [-0.05, 0) is 23.8 Å². The second-order valence-corrected chi connectivity index (χ2v) is 6.38. The van der Waals surface area contributed by atoms with Gasteiger partial charge in [0, 0.05) is 21.8 Å². The molecule has 1 heterocycles. The number of hydrogen-bond donors (Lipinski definition) is 0. The quantitative estimate of drug-likeness (QED) is 0.660. The maximum Gasteiger partial charge on any atom is 0.0991 e. The summed E-state index contributed by atoms with van der Waals surface area (Å²) in [5.74, 6) is 0. The molecule has 0 unspecified atom stereocenters. The van der Waals surface area contributed by atoms with Crippen LogP contribution in [0.5, 0.6) is 0 Å². The average Bonchev–Trinajstić information content (AvgIpc) is 2.98. The van der Waals surface area contributed by atoms with E-state index < -0.39 is 0 Å². The molecule has 0 saturated carbocycles. The maximum atomic E-state index is 8.97. The number of hydrogen-bond acceptors (Lipinski definition) is 3. The molecule has 2 aromatic carbocycles. The number of nitrogens with zero attached hydrogens (tertiary/aromatic N) is 2. The van der Waals surface area contributed by atoms with Gasteiger partial charge in [-0.3, -0.25) is 0 Å². The van der Waals surface area contributed by atoms with Crippen LogP contribution in [0.3, 0.4) is 0 Å². The summed E-state index contributed by atoms with van der Waals surface area (Å²) in [6.45, 7) is 0. The molecule has 3 aromatic rings. The van der Waals surface area contributed by atoms with Crippen molar-refractivity contribution in [3.8, 4) is 17.3 Å². The van der Waals surface area contributed by atoms with E-state index in [1.54, 1.807) is 17.4 Å². The Morgan fingerprint density at radius 3 is 2.81 bits per heavy atom. The lowest BCUT2D eigenvalue weighted by Gasteiger charge is -2.01. The fourth-order valence-electron chi connectivity index (χ4n) is 2.08. The van der Waals surface area contributed by atoms with Crippen molar-refractivity contribution in [3.63, 3.8) is 0 Å². The molecular formula is C17H11BrN2S. The molecule has 0 saturated heterocycles. The van der Waals surface area contributed by atoms with Gasteiger partial charge in [-0.25, -0.2) is 4.98 Å². The van der Waals surface area contributed by atoms with Crippen LogP contribution < -0.4 is 0 Å². The Hall–Kier alpha value is -1.96. The summed E-state index contributed by atoms with van der Waals surface area (Å²) in [5, 5.41) is 12.1. The van der Waals surface area contributed by atoms with E-state index in [-0.39, 0.29) is 0 Å². The predicted octanol–water partition coefficient (Wildman–Crippen LogP) is 5.04. The third-order valence-corrected chi connectivity index (χ3v) is 4.76. The van der Waals surface area contributed by atoms with E-state index >= 15 is 0 Å². The van der Waals surface area contributed by atoms with Crippen LogP contribution in [-0.4, -0.2) is 4.98 Å². The van der Waals surface area contributed by atoms with Crippen molar-refractivity contribution in [1.29, 1.82) is 5.26 Å². The van der Waals surface area contributed by atoms with Gasteiger partial charge in [-0.1, -0.05) is 46.3 Å². The molecule has 1 aromatic heterocycles. The fourth-order valence-corrected chi connectivity index (χ4v) is 3.33. The minimum absolute atomic E-state index is 0.660. The zero-order chi connectivity index (χ0) is 14.7. The third-order valence-electron chi connectivity index (χ3n) is 3.14. The van der Waals surface area contributed by atoms with E-state index in [0.717, 1.165) is 27.2 Å². The predicted molar refractivity (Wildman–Crippen MR) is 89.2 cm³/mol. The fraction of sp³-hybridized carbons (Fsp3) is 0.0588. The van der Waals surface area contributed by atoms with Gasteiger partial charge in [0.05, 0.1) is 22.3 Å². The number of aromatic nitrogens is 1. The SMILES string of the molecule is N#Cc1cccc(-c2csc(Cc3ccccc3Br)n2)c1. The van der Waals surface area contributed by atoms with E-state index in [4.69, 9.17) is 5.26 Å². The molecule has 0 amide bonds. The van der Waals surface area contributed by atoms with Gasteiger partial charge in [0.15, 0.2) is 0 Å². The molecule has 0 aliphatic rings. The van der Waals surface area contributed by atoms with Gasteiger partial charge in [0.25, 0.3) is 0 Å². The molecule has 4 heteroatoms. The summed E-state index contributed by atoms with van der Waals surface area (Å²) < 4.78 is 1.10. The van der Waals surface area contributed by atoms with Crippen molar-refractivity contribution in [2.75, 3.05) is 0 Å². The first-order valence-electron chi connectivity index (χ1n) is 6.44. The van der Waals surface area contributed by atoms with E-state index in [1.807, 2.05) is 41.8 Å². The maximum absolute atomic E-state index is 8.97. The first-order chi connectivity index (χ1) is 10.3. The molecule has 0 aliphatic carbocycles. The molecule has 102 valence electrons. The topological polar surface area (TPSA) is 36.7 Å². The van der Waals surface area contributed by atoms with Crippen molar-refractivity contribution in [2.24, 2.45) is 0 Å². The lowest BCUT2D eigenvalue weighted by molar-refractivity contribution is 1.13. The molecule has 0 radical (unpaired) electrons. The zero-order valence-corrected chi connectivity index (χ0v) is 13.5. The molecule has 21 heavy (non-hydrogen) atoms. The van der Waals surface area contributed by atoms with E-state index in [9.17, 15) is 0 Å². The highest BCUT2D eigenvalue weighted by Crippen LogP contribution is 2.26. The van der Waals surface area contributed by atoms with Crippen molar-refractivity contribution in [1.82, 2.24) is 4.98 Å². The zero-order valence-electron chi connectivity index (χ0n) is 11.1. The average molecular weight is 355 g/mol. The van der Waals surface area contributed by atoms with Gasteiger partial charge in [-0.2, -0.15) is 5.26 Å². The Balaban J connectivity index is 1.87. The second kappa shape index (κ2) is 6.21. The molecule has 0 aliphatic heterocycles. The summed E-state index contributed by atoms with van der Waals surface area (Å²) in [4.78, 5) is 4.68. The van der Waals surface area contributed by atoms with Crippen molar-refractivity contribution in [2.45, 2.75) is 6.42 Å². The molecule has 0 bridgehead atoms. The van der Waals surface area contributed by atoms with Crippen molar-refractivity contribution >= 4 is 27.3 Å². The third kappa shape index (κ3) is 3.21. The van der Waals surface area contributed by atoms with Crippen LogP contribution in [0.2, 0.25) is 0 Å². The van der Waals surface area contributed by atoms with Crippen LogP contribution in [0.15, 0.2) is 58.4 Å². The molecule has 0 N–H and O–H groups in total. The number of thiazole rings is 1. The highest BCUT2D eigenvalue weighted by atomic mass is 79.9. The molecule has 0 fully saturated rings. The molecule has 2 nitrogen and oxygen atoms in total. The van der Waals surface area contributed by atoms with Crippen LogP contribution in [0.4, 0.5) is 0 Å². The molecule has 3 rings (SSSR count). The number of benzene rings is 2. The Morgan fingerprint density at radius 1 is 1.14 bits per heavy atom. The first-order valence-corrected chi connectivity index (χ1v) is 8.12. The highest BCUT2D eigenvalue weighted by Gasteiger charge is 2.07. The summed E-state index contributed by atoms with van der Waals surface area (Å²) in [6.07, 6.45) is 0.810. The van der Waals surface area contributed by atoms with Crippen molar-refractivity contribution < 1.29 is 0 Å². The Kier molecular flexibility index (Phi) is 4.14. The largest absolute Gasteiger partial charge is 0.241 e. The standard InChI is InChI=1S/C17H11BrN2S/c18-15-7-2-1-5-13(15)9-17-20-16(11-21-17)14-6-3-4-12(8-14)10-19/h1-8,11H,9H2. The van der Waals surface area contributed by atoms with E-state index in [1.165, 1.54) is 5.56 Å². The summed E-state index contributed by atoms with van der Waals surface area (Å²) in [6, 6.07) is 17.9. The van der Waals surface area contributed by atoms with Gasteiger partial charge < -0.3 is 0 Å². The second-order valence-electron chi connectivity index (χ2n) is 4.59. The number of nitriles is 1. The molecule has 0 atom stereocenters. The van der Waals surface area contributed by atoms with Gasteiger partial charge >= 0.3 is 0 Å². The van der Waals surface area contributed by atoms with Crippen molar-refractivity contribution in [3.05, 3.63) is 74.5 Å². The van der Waals surface area contributed by atoms with E-state index in [2.05, 4.69) is 33.0 Å². The minimum atomic E-state index is 0.660. The van der Waals surface area contributed by atoms with Crippen LogP contribution in [0.1, 0.15) is 16.1 Å². The van der Waals surface area contributed by atoms with Gasteiger partial charge in [0.1, 0.15) is 0 Å². The number of rotatable bonds is 3. The van der Waals surface area contributed by atoms with Gasteiger partial charge in [-0.15, -0.1) is 11.3 Å². The first kappa shape index (κ1) is 14.0. The van der Waals surface area contributed by atoms with E-state index in [0.29, 0.717) is 5.56 Å². The smallest absolute Gasteiger partial charge is 0.0991 e. The Labute approximate surface area is 135 Å². The highest BCUT2D eigenvalue weighted by molar-refractivity contribution is 9.10. The monoisotopic (exact) mass is 354 g/mol. The lowest BCUT2D eigenvalue weighted by Crippen LogP contribution is -1.89. The van der Waals surface area contributed by atoms with Crippen LogP contribution >= 0.6 is 27.3 Å². The minimum Gasteiger partial charge on any atom is -0.241 e. The molecular weight excluding hydrogens is 344 g/mol. The Bertz CT molecular complexity index is 817. The van der Waals surface area contributed by atoms with Crippen LogP contribution in [0.25, 0.3) is 11.3 Å². The molecule has 0 spiro atoms. The normalized spacial score (nSPS) is 10.3. The van der Waals surface area contributed by atoms with Crippen LogP contribution in [-0.2, 0) is 6.42 Å². The van der Waals surface area contributed by atoms with Crippen LogP contribution in [0, 0.1) is 11.3 Å². The lowest BCUT2D eigenvalue weighted by atomic mass is 10.1. The van der Waals surface area contributed by atoms with Gasteiger partial charge in [0.2, 0.25) is 0 Å². The summed E-state index contributed by atoms with van der Waals surface area (Å²) >= 11 is 5.21. The number of halogens is 1.